The molecule has 4 aromatic rings. The number of amides is 3. The fraction of sp³-hybridized carbons (Fsp3) is 0.207. The maximum atomic E-state index is 13.1. The van der Waals surface area contributed by atoms with Gasteiger partial charge < -0.3 is 26.2 Å². The summed E-state index contributed by atoms with van der Waals surface area (Å²) in [6, 6.07) is 24.3. The second kappa shape index (κ2) is 11.5. The van der Waals surface area contributed by atoms with Crippen LogP contribution >= 0.6 is 0 Å². The number of carbonyl (C=O) groups is 3. The Balaban J connectivity index is 1.52. The van der Waals surface area contributed by atoms with Crippen molar-refractivity contribution in [1.29, 1.82) is 0 Å². The van der Waals surface area contributed by atoms with Crippen LogP contribution in [0.2, 0.25) is 0 Å². The Morgan fingerprint density at radius 1 is 0.865 bits per heavy atom. The molecule has 3 atom stereocenters. The molecular weight excluding hydrogens is 470 g/mol. The Bertz CT molecular complexity index is 1370. The summed E-state index contributed by atoms with van der Waals surface area (Å²) < 4.78 is 5.17. The van der Waals surface area contributed by atoms with Gasteiger partial charge in [0, 0.05) is 6.42 Å². The lowest BCUT2D eigenvalue weighted by Crippen LogP contribution is -2.57. The molecule has 0 unspecified atom stereocenters. The highest BCUT2D eigenvalue weighted by Gasteiger charge is 2.30. The van der Waals surface area contributed by atoms with E-state index in [-0.39, 0.29) is 13.0 Å². The maximum Gasteiger partial charge on any atom is 0.408 e. The highest BCUT2D eigenvalue weighted by Crippen LogP contribution is 2.29. The first-order chi connectivity index (χ1) is 17.8. The molecule has 0 bridgehead atoms. The summed E-state index contributed by atoms with van der Waals surface area (Å²) in [4.78, 5) is 37.8. The van der Waals surface area contributed by atoms with Gasteiger partial charge in [-0.05, 0) is 45.7 Å². The number of carbonyl (C=O) groups excluding carboxylic acids is 3. The van der Waals surface area contributed by atoms with Crippen LogP contribution in [0.4, 0.5) is 4.79 Å². The second-order valence-electron chi connectivity index (χ2n) is 8.89. The minimum atomic E-state index is -1.35. The molecule has 3 amide bonds. The summed E-state index contributed by atoms with van der Waals surface area (Å²) in [6.45, 7) is 1.36. The molecule has 8 heteroatoms. The lowest BCUT2D eigenvalue weighted by molar-refractivity contribution is -0.130. The molecule has 0 aliphatic rings. The Morgan fingerprint density at radius 3 is 2.00 bits per heavy atom. The van der Waals surface area contributed by atoms with Gasteiger partial charge in [0.2, 0.25) is 11.8 Å². The zero-order valence-electron chi connectivity index (χ0n) is 20.4. The van der Waals surface area contributed by atoms with Crippen molar-refractivity contribution in [2.75, 3.05) is 0 Å². The summed E-state index contributed by atoms with van der Waals surface area (Å²) >= 11 is 0. The molecule has 190 valence electrons. The number of nitrogens with one attached hydrogen (secondary N) is 2. The van der Waals surface area contributed by atoms with Crippen molar-refractivity contribution >= 4 is 39.5 Å². The molecule has 5 N–H and O–H groups in total. The normalized spacial score (nSPS) is 13.5. The number of aliphatic hydroxyl groups is 1. The van der Waals surface area contributed by atoms with E-state index in [0.717, 1.165) is 32.7 Å². The third-order valence-corrected chi connectivity index (χ3v) is 6.20. The van der Waals surface area contributed by atoms with Crippen LogP contribution in [-0.4, -0.2) is 41.2 Å². The molecule has 0 aliphatic carbocycles. The van der Waals surface area contributed by atoms with Gasteiger partial charge >= 0.3 is 6.09 Å². The summed E-state index contributed by atoms with van der Waals surface area (Å²) in [7, 11) is 0. The smallest absolute Gasteiger partial charge is 0.408 e. The first-order valence-corrected chi connectivity index (χ1v) is 12.0. The van der Waals surface area contributed by atoms with E-state index >= 15 is 0 Å². The third-order valence-electron chi connectivity index (χ3n) is 6.20. The number of hydrogen-bond acceptors (Lipinski definition) is 5. The van der Waals surface area contributed by atoms with E-state index in [9.17, 15) is 19.5 Å². The quantitative estimate of drug-likeness (QED) is 0.263. The summed E-state index contributed by atoms with van der Waals surface area (Å²) in [5.41, 5.74) is 7.32. The fourth-order valence-electron chi connectivity index (χ4n) is 4.31. The van der Waals surface area contributed by atoms with E-state index in [1.54, 1.807) is 12.1 Å². The van der Waals surface area contributed by atoms with Crippen molar-refractivity contribution in [2.24, 2.45) is 5.73 Å². The van der Waals surface area contributed by atoms with E-state index in [2.05, 4.69) is 16.7 Å². The van der Waals surface area contributed by atoms with E-state index in [0.29, 0.717) is 0 Å². The number of alkyl carbamates (subject to hydrolysis) is 1. The molecule has 0 heterocycles. The average Bonchev–Trinajstić information content (AvgIpc) is 2.90. The monoisotopic (exact) mass is 499 g/mol. The fourth-order valence-corrected chi connectivity index (χ4v) is 4.31. The van der Waals surface area contributed by atoms with Crippen molar-refractivity contribution in [3.63, 3.8) is 0 Å². The Morgan fingerprint density at radius 2 is 1.43 bits per heavy atom. The van der Waals surface area contributed by atoms with Crippen LogP contribution in [0.1, 0.15) is 18.1 Å². The molecule has 4 aromatic carbocycles. The highest BCUT2D eigenvalue weighted by atomic mass is 16.5. The number of fused-ring (bicyclic) bond motifs is 2. The number of rotatable bonds is 9. The van der Waals surface area contributed by atoms with Crippen LogP contribution < -0.4 is 16.4 Å². The molecule has 0 aromatic heterocycles. The van der Waals surface area contributed by atoms with Crippen molar-refractivity contribution in [3.8, 4) is 0 Å². The Labute approximate surface area is 214 Å². The van der Waals surface area contributed by atoms with Crippen LogP contribution in [-0.2, 0) is 27.4 Å². The van der Waals surface area contributed by atoms with Gasteiger partial charge in [0.05, 0.1) is 6.10 Å². The molecule has 0 fully saturated rings. The maximum absolute atomic E-state index is 13.1. The van der Waals surface area contributed by atoms with Crippen molar-refractivity contribution < 1.29 is 24.2 Å². The van der Waals surface area contributed by atoms with Crippen LogP contribution in [0, 0.1) is 0 Å². The Hall–Kier alpha value is -4.43. The van der Waals surface area contributed by atoms with Crippen LogP contribution in [0.25, 0.3) is 21.5 Å². The minimum Gasteiger partial charge on any atom is -0.445 e. The standard InChI is InChI=1S/C29H29N3O5/c1-18(33)26(32-29(36)37-17-19-9-3-2-4-10-19)28(35)31-25(27(30)34)16-24-22-13-7-5-11-20(22)15-21-12-6-8-14-23(21)24/h2-15,18,25-26,33H,16-17H2,1H3,(H2,30,34)(H,31,35)(H,32,36)/t18-,25-,26+/m1/s1. The van der Waals surface area contributed by atoms with Gasteiger partial charge in [0.25, 0.3) is 0 Å². The first-order valence-electron chi connectivity index (χ1n) is 12.0. The number of benzene rings is 4. The van der Waals surface area contributed by atoms with E-state index in [1.807, 2.05) is 66.7 Å². The molecule has 8 nitrogen and oxygen atoms in total. The van der Waals surface area contributed by atoms with E-state index in [4.69, 9.17) is 10.5 Å². The number of primary amides is 1. The lowest BCUT2D eigenvalue weighted by Gasteiger charge is -2.24. The van der Waals surface area contributed by atoms with Gasteiger partial charge in [0.15, 0.2) is 0 Å². The summed E-state index contributed by atoms with van der Waals surface area (Å²) in [5.74, 6) is -1.48. The largest absolute Gasteiger partial charge is 0.445 e. The molecule has 4 rings (SSSR count). The van der Waals surface area contributed by atoms with Crippen molar-refractivity contribution in [3.05, 3.63) is 96.1 Å². The predicted octanol–water partition coefficient (Wildman–Crippen LogP) is 3.18. The van der Waals surface area contributed by atoms with Gasteiger partial charge in [-0.3, -0.25) is 9.59 Å². The topological polar surface area (TPSA) is 131 Å². The van der Waals surface area contributed by atoms with Gasteiger partial charge in [-0.15, -0.1) is 0 Å². The molecule has 0 saturated carbocycles. The van der Waals surface area contributed by atoms with Crippen LogP contribution in [0.15, 0.2) is 84.9 Å². The number of hydrogen-bond donors (Lipinski definition) is 4. The number of nitrogens with two attached hydrogens (primary N) is 1. The summed E-state index contributed by atoms with van der Waals surface area (Å²) in [6.07, 6.45) is -2.00. The second-order valence-corrected chi connectivity index (χ2v) is 8.89. The SMILES string of the molecule is C[C@@H](O)[C@H](NC(=O)OCc1ccccc1)C(=O)N[C@H](Cc1c2ccccc2cc2ccccc12)C(N)=O. The molecule has 0 saturated heterocycles. The van der Waals surface area contributed by atoms with Crippen LogP contribution in [0.3, 0.4) is 0 Å². The molecule has 0 radical (unpaired) electrons. The van der Waals surface area contributed by atoms with E-state index in [1.165, 1.54) is 6.92 Å². The zero-order valence-corrected chi connectivity index (χ0v) is 20.4. The average molecular weight is 500 g/mol. The molecule has 0 spiro atoms. The van der Waals surface area contributed by atoms with Gasteiger partial charge in [-0.25, -0.2) is 4.79 Å². The van der Waals surface area contributed by atoms with Gasteiger partial charge in [-0.1, -0.05) is 78.9 Å². The van der Waals surface area contributed by atoms with E-state index < -0.39 is 36.1 Å². The van der Waals surface area contributed by atoms with Gasteiger partial charge in [-0.2, -0.15) is 0 Å². The molecular formula is C29H29N3O5. The Kier molecular flexibility index (Phi) is 8.00. The summed E-state index contributed by atoms with van der Waals surface area (Å²) in [5, 5.41) is 19.1. The van der Waals surface area contributed by atoms with Crippen molar-refractivity contribution in [2.45, 2.75) is 38.1 Å². The third kappa shape index (κ3) is 6.23. The first kappa shape index (κ1) is 25.7. The highest BCUT2D eigenvalue weighted by molar-refractivity contribution is 6.03. The van der Waals surface area contributed by atoms with Crippen LogP contribution in [0.5, 0.6) is 0 Å². The minimum absolute atomic E-state index is 0.00110. The number of ether oxygens (including phenoxy) is 1. The van der Waals surface area contributed by atoms with Gasteiger partial charge in [0.1, 0.15) is 18.7 Å². The zero-order chi connectivity index (χ0) is 26.4. The number of aliphatic hydroxyl groups excluding tert-OH is 1. The van der Waals surface area contributed by atoms with Crippen molar-refractivity contribution in [1.82, 2.24) is 10.6 Å². The predicted molar refractivity (Wildman–Crippen MR) is 142 cm³/mol. The lowest BCUT2D eigenvalue weighted by atomic mass is 9.92. The molecule has 0 aliphatic heterocycles. The molecule has 37 heavy (non-hydrogen) atoms.